The van der Waals surface area contributed by atoms with Crippen molar-refractivity contribution < 1.29 is 4.79 Å². The molecule has 2 aromatic rings. The molecular weight excluding hydrogens is 378 g/mol. The van der Waals surface area contributed by atoms with Crippen molar-refractivity contribution in [2.24, 2.45) is 0 Å². The zero-order valence-corrected chi connectivity index (χ0v) is 15.1. The molecule has 2 rings (SSSR count). The summed E-state index contributed by atoms with van der Waals surface area (Å²) in [5.74, 6) is -0.438. The Bertz CT molecular complexity index is 700. The highest BCUT2D eigenvalue weighted by atomic mass is 35.6. The van der Waals surface area contributed by atoms with Gasteiger partial charge in [0, 0.05) is 5.69 Å². The lowest BCUT2D eigenvalue weighted by Crippen LogP contribution is -2.49. The van der Waals surface area contributed by atoms with E-state index < -0.39 is 15.9 Å². The van der Waals surface area contributed by atoms with Crippen molar-refractivity contribution in [3.8, 4) is 0 Å². The van der Waals surface area contributed by atoms with Crippen molar-refractivity contribution >= 4 is 58.0 Å². The van der Waals surface area contributed by atoms with Crippen molar-refractivity contribution in [2.45, 2.75) is 16.9 Å². The number of nitrogens with one attached hydrogen (secondary N) is 2. The Labute approximate surface area is 154 Å². The number of anilines is 1. The SMILES string of the molecule is Cc1cccc(NC(NC(=O)c2ccccc2Cl)C(Cl)(Cl)Cl)c1. The van der Waals surface area contributed by atoms with Crippen LogP contribution in [0.15, 0.2) is 48.5 Å². The number of hydrogen-bond donors (Lipinski definition) is 2. The van der Waals surface area contributed by atoms with Crippen molar-refractivity contribution in [3.05, 3.63) is 64.7 Å². The lowest BCUT2D eigenvalue weighted by Gasteiger charge is -2.27. The highest BCUT2D eigenvalue weighted by Crippen LogP contribution is 2.31. The van der Waals surface area contributed by atoms with Crippen molar-refractivity contribution in [1.82, 2.24) is 5.32 Å². The number of rotatable bonds is 4. The maximum atomic E-state index is 12.4. The van der Waals surface area contributed by atoms with Crippen molar-refractivity contribution in [1.29, 1.82) is 0 Å². The summed E-state index contributed by atoms with van der Waals surface area (Å²) in [6.45, 7) is 1.94. The Morgan fingerprint density at radius 2 is 1.78 bits per heavy atom. The Kier molecular flexibility index (Phi) is 6.04. The van der Waals surface area contributed by atoms with E-state index >= 15 is 0 Å². The molecule has 0 aromatic heterocycles. The van der Waals surface area contributed by atoms with Gasteiger partial charge in [-0.05, 0) is 36.8 Å². The minimum Gasteiger partial charge on any atom is -0.362 e. The van der Waals surface area contributed by atoms with Gasteiger partial charge in [0.05, 0.1) is 10.6 Å². The van der Waals surface area contributed by atoms with Crippen LogP contribution < -0.4 is 10.6 Å². The molecule has 2 aromatic carbocycles. The molecule has 0 heterocycles. The number of carbonyl (C=O) groups is 1. The van der Waals surface area contributed by atoms with Crippen LogP contribution >= 0.6 is 46.4 Å². The highest BCUT2D eigenvalue weighted by molar-refractivity contribution is 6.68. The first-order valence-electron chi connectivity index (χ1n) is 6.72. The van der Waals surface area contributed by atoms with Gasteiger partial charge < -0.3 is 10.6 Å². The van der Waals surface area contributed by atoms with Gasteiger partial charge in [-0.2, -0.15) is 0 Å². The fourth-order valence-electron chi connectivity index (χ4n) is 1.96. The van der Waals surface area contributed by atoms with Crippen LogP contribution in [0.25, 0.3) is 0 Å². The fourth-order valence-corrected chi connectivity index (χ4v) is 2.50. The molecule has 0 saturated heterocycles. The van der Waals surface area contributed by atoms with Crippen molar-refractivity contribution in [3.63, 3.8) is 0 Å². The third kappa shape index (κ3) is 5.18. The van der Waals surface area contributed by atoms with Crippen LogP contribution in [-0.4, -0.2) is 15.9 Å². The molecule has 7 heteroatoms. The summed E-state index contributed by atoms with van der Waals surface area (Å²) >= 11 is 24.0. The maximum absolute atomic E-state index is 12.4. The summed E-state index contributed by atoms with van der Waals surface area (Å²) in [4.78, 5) is 12.4. The molecule has 0 aliphatic heterocycles. The third-order valence-electron chi connectivity index (χ3n) is 3.05. The van der Waals surface area contributed by atoms with Crippen LogP contribution in [0.4, 0.5) is 5.69 Å². The monoisotopic (exact) mass is 390 g/mol. The highest BCUT2D eigenvalue weighted by Gasteiger charge is 2.34. The van der Waals surface area contributed by atoms with E-state index in [1.807, 2.05) is 31.2 Å². The van der Waals surface area contributed by atoms with Crippen LogP contribution in [0.2, 0.25) is 5.02 Å². The zero-order valence-electron chi connectivity index (χ0n) is 12.1. The van der Waals surface area contributed by atoms with E-state index in [-0.39, 0.29) is 0 Å². The average Bonchev–Trinajstić information content (AvgIpc) is 2.46. The smallest absolute Gasteiger partial charge is 0.254 e. The molecule has 0 bridgehead atoms. The molecule has 0 saturated carbocycles. The summed E-state index contributed by atoms with van der Waals surface area (Å²) in [5.41, 5.74) is 2.07. The van der Waals surface area contributed by atoms with Gasteiger partial charge >= 0.3 is 0 Å². The normalized spacial score (nSPS) is 12.6. The van der Waals surface area contributed by atoms with Gasteiger partial charge in [-0.3, -0.25) is 4.79 Å². The van der Waals surface area contributed by atoms with Gasteiger partial charge in [0.2, 0.25) is 3.79 Å². The number of halogens is 4. The Balaban J connectivity index is 2.20. The third-order valence-corrected chi connectivity index (χ3v) is 4.03. The summed E-state index contributed by atoms with van der Waals surface area (Å²) in [7, 11) is 0. The summed E-state index contributed by atoms with van der Waals surface area (Å²) in [6, 6.07) is 14.2. The Morgan fingerprint density at radius 3 is 2.39 bits per heavy atom. The molecule has 1 unspecified atom stereocenters. The van der Waals surface area contributed by atoms with Crippen LogP contribution in [-0.2, 0) is 0 Å². The molecule has 0 radical (unpaired) electrons. The van der Waals surface area contributed by atoms with E-state index in [4.69, 9.17) is 46.4 Å². The first-order valence-corrected chi connectivity index (χ1v) is 8.24. The first kappa shape index (κ1) is 18.2. The minimum absolute atomic E-state index is 0.305. The quantitative estimate of drug-likeness (QED) is 0.556. The number of amides is 1. The van der Waals surface area contributed by atoms with Crippen LogP contribution in [0.1, 0.15) is 15.9 Å². The second-order valence-electron chi connectivity index (χ2n) is 4.94. The molecule has 1 amide bonds. The van der Waals surface area contributed by atoms with Gasteiger partial charge in [-0.15, -0.1) is 0 Å². The fraction of sp³-hybridized carbons (Fsp3) is 0.188. The lowest BCUT2D eigenvalue weighted by molar-refractivity contribution is 0.0942. The summed E-state index contributed by atoms with van der Waals surface area (Å²) in [6.07, 6.45) is -0.932. The number of benzene rings is 2. The van der Waals surface area contributed by atoms with Gasteiger partial charge in [0.15, 0.2) is 0 Å². The number of hydrogen-bond acceptors (Lipinski definition) is 2. The van der Waals surface area contributed by atoms with Gasteiger partial charge in [0.25, 0.3) is 5.91 Å². The minimum atomic E-state index is -1.75. The molecule has 2 N–H and O–H groups in total. The standard InChI is InChI=1S/C16H14Cl4N2O/c1-10-5-4-6-11(9-10)21-15(16(18,19)20)22-14(23)12-7-2-3-8-13(12)17/h2-9,15,21H,1H3,(H,22,23). The van der Waals surface area contributed by atoms with E-state index in [0.29, 0.717) is 10.6 Å². The van der Waals surface area contributed by atoms with E-state index in [1.165, 1.54) is 0 Å². The van der Waals surface area contributed by atoms with Crippen LogP contribution in [0, 0.1) is 6.92 Å². The van der Waals surface area contributed by atoms with Crippen LogP contribution in [0.3, 0.4) is 0 Å². The summed E-state index contributed by atoms with van der Waals surface area (Å²) in [5, 5.41) is 5.98. The van der Waals surface area contributed by atoms with E-state index in [0.717, 1.165) is 11.3 Å². The molecular formula is C16H14Cl4N2O. The molecule has 23 heavy (non-hydrogen) atoms. The molecule has 122 valence electrons. The van der Waals surface area contributed by atoms with Crippen molar-refractivity contribution in [2.75, 3.05) is 5.32 Å². The molecule has 1 atom stereocenters. The second kappa shape index (κ2) is 7.63. The largest absolute Gasteiger partial charge is 0.362 e. The average molecular weight is 392 g/mol. The van der Waals surface area contributed by atoms with Crippen LogP contribution in [0.5, 0.6) is 0 Å². The van der Waals surface area contributed by atoms with Gasteiger partial charge in [-0.1, -0.05) is 70.7 Å². The molecule has 3 nitrogen and oxygen atoms in total. The predicted octanol–water partition coefficient (Wildman–Crippen LogP) is 5.19. The Hall–Kier alpha value is -1.13. The topological polar surface area (TPSA) is 41.1 Å². The molecule has 0 spiro atoms. The van der Waals surface area contributed by atoms with Gasteiger partial charge in [-0.25, -0.2) is 0 Å². The molecule has 0 aliphatic carbocycles. The van der Waals surface area contributed by atoms with E-state index in [2.05, 4.69) is 10.6 Å². The number of aryl methyl sites for hydroxylation is 1. The zero-order chi connectivity index (χ0) is 17.0. The predicted molar refractivity (Wildman–Crippen MR) is 97.8 cm³/mol. The number of carbonyl (C=O) groups excluding carboxylic acids is 1. The van der Waals surface area contributed by atoms with E-state index in [9.17, 15) is 4.79 Å². The van der Waals surface area contributed by atoms with Gasteiger partial charge in [0.1, 0.15) is 6.17 Å². The molecule has 0 fully saturated rings. The van der Waals surface area contributed by atoms with E-state index in [1.54, 1.807) is 24.3 Å². The first-order chi connectivity index (χ1) is 10.8. The molecule has 0 aliphatic rings. The summed E-state index contributed by atoms with van der Waals surface area (Å²) < 4.78 is -1.75. The second-order valence-corrected chi connectivity index (χ2v) is 7.72. The number of alkyl halides is 3. The maximum Gasteiger partial charge on any atom is 0.254 e. The Morgan fingerprint density at radius 1 is 1.09 bits per heavy atom. The lowest BCUT2D eigenvalue weighted by atomic mass is 10.2.